The molecule has 1 unspecified atom stereocenters. The van der Waals surface area contributed by atoms with E-state index in [0.29, 0.717) is 11.3 Å². The van der Waals surface area contributed by atoms with E-state index in [9.17, 15) is 4.79 Å². The standard InChI is InChI=1S/C22H30O/c1-4-6-15-12-18-16(13-20(15)23)11-14(2)21-17(18)8-10-22(3)9-5-7-19(21)22/h13-15,17-19,21H,5,7-12H2,1-3H3/t14-,15?,17-,18+,19+,21-,22+/m1/s1. The summed E-state index contributed by atoms with van der Waals surface area (Å²) < 4.78 is 0. The first kappa shape index (κ1) is 15.5. The van der Waals surface area contributed by atoms with Gasteiger partial charge in [0, 0.05) is 0 Å². The molecule has 0 radical (unpaired) electrons. The van der Waals surface area contributed by atoms with E-state index in [1.807, 2.05) is 13.0 Å². The second-order valence-corrected chi connectivity index (χ2v) is 9.02. The molecular weight excluding hydrogens is 280 g/mol. The largest absolute Gasteiger partial charge is 0.293 e. The molecule has 4 aliphatic rings. The Balaban J connectivity index is 1.67. The summed E-state index contributed by atoms with van der Waals surface area (Å²) >= 11 is 0. The molecule has 0 bridgehead atoms. The number of carbonyl (C=O) groups excluding carboxylic acids is 1. The third-order valence-corrected chi connectivity index (χ3v) is 7.85. The Kier molecular flexibility index (Phi) is 3.71. The van der Waals surface area contributed by atoms with Crippen LogP contribution in [0.3, 0.4) is 0 Å². The molecule has 0 aromatic rings. The number of ketones is 1. The molecule has 4 rings (SSSR count). The number of allylic oxidation sites excluding steroid dienone is 1. The fraction of sp³-hybridized carbons (Fsp3) is 0.773. The molecule has 3 saturated carbocycles. The minimum atomic E-state index is -0.0281. The third-order valence-electron chi connectivity index (χ3n) is 7.85. The molecule has 0 saturated heterocycles. The van der Waals surface area contributed by atoms with Gasteiger partial charge in [-0.3, -0.25) is 4.79 Å². The van der Waals surface area contributed by atoms with Crippen LogP contribution < -0.4 is 0 Å². The normalized spacial score (nSPS) is 48.5. The number of rotatable bonds is 0. The monoisotopic (exact) mass is 310 g/mol. The summed E-state index contributed by atoms with van der Waals surface area (Å²) in [5.41, 5.74) is 2.09. The van der Waals surface area contributed by atoms with Crippen LogP contribution in [0, 0.1) is 52.8 Å². The van der Waals surface area contributed by atoms with Crippen LogP contribution in [-0.2, 0) is 4.79 Å². The molecule has 0 aliphatic heterocycles. The van der Waals surface area contributed by atoms with Gasteiger partial charge in [0.1, 0.15) is 0 Å². The zero-order valence-corrected chi connectivity index (χ0v) is 14.9. The van der Waals surface area contributed by atoms with Gasteiger partial charge in [0.2, 0.25) is 0 Å². The second-order valence-electron chi connectivity index (χ2n) is 9.02. The summed E-state index contributed by atoms with van der Waals surface area (Å²) in [5.74, 6) is 10.5. The van der Waals surface area contributed by atoms with Crippen LogP contribution in [0.5, 0.6) is 0 Å². The minimum absolute atomic E-state index is 0.0281. The first-order valence-corrected chi connectivity index (χ1v) is 9.70. The minimum Gasteiger partial charge on any atom is -0.293 e. The molecule has 0 heterocycles. The third kappa shape index (κ3) is 2.33. The van der Waals surface area contributed by atoms with Gasteiger partial charge in [0.15, 0.2) is 5.78 Å². The van der Waals surface area contributed by atoms with Crippen molar-refractivity contribution < 1.29 is 4.79 Å². The van der Waals surface area contributed by atoms with E-state index in [0.717, 1.165) is 36.5 Å². The summed E-state index contributed by atoms with van der Waals surface area (Å²) in [6.45, 7) is 6.89. The Hall–Kier alpha value is -1.03. The van der Waals surface area contributed by atoms with E-state index >= 15 is 0 Å². The van der Waals surface area contributed by atoms with Gasteiger partial charge in [-0.2, -0.15) is 0 Å². The molecule has 7 atom stereocenters. The molecular formula is C22H30O. The van der Waals surface area contributed by atoms with Gasteiger partial charge < -0.3 is 0 Å². The topological polar surface area (TPSA) is 17.1 Å². The van der Waals surface area contributed by atoms with Crippen LogP contribution in [-0.4, -0.2) is 5.78 Å². The van der Waals surface area contributed by atoms with Crippen molar-refractivity contribution >= 4 is 5.78 Å². The highest BCUT2D eigenvalue weighted by Gasteiger charge is 2.54. The maximum atomic E-state index is 12.4. The summed E-state index contributed by atoms with van der Waals surface area (Å²) in [6.07, 6.45) is 11.3. The smallest absolute Gasteiger partial charge is 0.170 e. The van der Waals surface area contributed by atoms with E-state index in [1.165, 1.54) is 37.7 Å². The summed E-state index contributed by atoms with van der Waals surface area (Å²) in [5, 5.41) is 0. The predicted molar refractivity (Wildman–Crippen MR) is 93.6 cm³/mol. The lowest BCUT2D eigenvalue weighted by atomic mass is 9.49. The lowest BCUT2D eigenvalue weighted by Crippen LogP contribution is -2.48. The lowest BCUT2D eigenvalue weighted by molar-refractivity contribution is -0.118. The molecule has 124 valence electrons. The van der Waals surface area contributed by atoms with Crippen molar-refractivity contribution in [2.45, 2.75) is 65.7 Å². The van der Waals surface area contributed by atoms with Crippen LogP contribution in [0.25, 0.3) is 0 Å². The van der Waals surface area contributed by atoms with Gasteiger partial charge in [-0.1, -0.05) is 31.8 Å². The fourth-order valence-electron chi connectivity index (χ4n) is 6.89. The maximum Gasteiger partial charge on any atom is 0.170 e. The molecule has 23 heavy (non-hydrogen) atoms. The van der Waals surface area contributed by atoms with Crippen molar-refractivity contribution in [2.75, 3.05) is 0 Å². The van der Waals surface area contributed by atoms with E-state index in [4.69, 9.17) is 0 Å². The Morgan fingerprint density at radius 1 is 1.26 bits per heavy atom. The quantitative estimate of drug-likeness (QED) is 0.575. The lowest BCUT2D eigenvalue weighted by Gasteiger charge is -2.55. The number of hydrogen-bond acceptors (Lipinski definition) is 1. The van der Waals surface area contributed by atoms with Crippen molar-refractivity contribution in [3.63, 3.8) is 0 Å². The highest BCUT2D eigenvalue weighted by atomic mass is 16.1. The van der Waals surface area contributed by atoms with Gasteiger partial charge in [-0.25, -0.2) is 0 Å². The Morgan fingerprint density at radius 3 is 2.87 bits per heavy atom. The number of fused-ring (bicyclic) bond motifs is 5. The molecule has 1 heteroatoms. The molecule has 0 N–H and O–H groups in total. The first-order chi connectivity index (χ1) is 11.0. The van der Waals surface area contributed by atoms with Gasteiger partial charge in [0.25, 0.3) is 0 Å². The average Bonchev–Trinajstić information content (AvgIpc) is 2.90. The van der Waals surface area contributed by atoms with E-state index < -0.39 is 0 Å². The van der Waals surface area contributed by atoms with Crippen molar-refractivity contribution in [1.29, 1.82) is 0 Å². The average molecular weight is 310 g/mol. The fourth-order valence-corrected chi connectivity index (χ4v) is 6.89. The first-order valence-electron chi connectivity index (χ1n) is 9.70. The molecule has 0 spiro atoms. The Morgan fingerprint density at radius 2 is 2.09 bits per heavy atom. The highest BCUT2D eigenvalue weighted by molar-refractivity contribution is 5.95. The Labute approximate surface area is 141 Å². The summed E-state index contributed by atoms with van der Waals surface area (Å²) in [6, 6.07) is 0. The molecule has 0 aromatic carbocycles. The van der Waals surface area contributed by atoms with E-state index in [-0.39, 0.29) is 11.7 Å². The molecule has 3 fully saturated rings. The van der Waals surface area contributed by atoms with Crippen LogP contribution in [0.4, 0.5) is 0 Å². The molecule has 1 nitrogen and oxygen atoms in total. The van der Waals surface area contributed by atoms with Crippen LogP contribution in [0.15, 0.2) is 11.6 Å². The SMILES string of the molecule is CC#CC1C[C@H]2C(=CC1=O)C[C@@H](C)[C@@H]1[C@@H]2CC[C@]2(C)CCC[C@@H]12. The number of carbonyl (C=O) groups is 1. The van der Waals surface area contributed by atoms with Crippen molar-refractivity contribution in [3.8, 4) is 11.8 Å². The molecule has 4 aliphatic carbocycles. The molecule has 0 amide bonds. The van der Waals surface area contributed by atoms with Crippen molar-refractivity contribution in [2.24, 2.45) is 40.9 Å². The summed E-state index contributed by atoms with van der Waals surface area (Å²) in [4.78, 5) is 12.4. The zero-order chi connectivity index (χ0) is 16.2. The van der Waals surface area contributed by atoms with Crippen LogP contribution in [0.1, 0.15) is 65.7 Å². The van der Waals surface area contributed by atoms with Gasteiger partial charge in [-0.05, 0) is 86.5 Å². The predicted octanol–water partition coefficient (Wildman–Crippen LogP) is 5.01. The van der Waals surface area contributed by atoms with Crippen LogP contribution >= 0.6 is 0 Å². The maximum absolute atomic E-state index is 12.4. The van der Waals surface area contributed by atoms with Crippen molar-refractivity contribution in [1.82, 2.24) is 0 Å². The molecule has 0 aromatic heterocycles. The van der Waals surface area contributed by atoms with Gasteiger partial charge in [-0.15, -0.1) is 5.92 Å². The Bertz CT molecular complexity index is 603. The van der Waals surface area contributed by atoms with E-state index in [1.54, 1.807) is 0 Å². The van der Waals surface area contributed by atoms with Crippen LogP contribution in [0.2, 0.25) is 0 Å². The van der Waals surface area contributed by atoms with Crippen molar-refractivity contribution in [3.05, 3.63) is 11.6 Å². The number of hydrogen-bond donors (Lipinski definition) is 0. The zero-order valence-electron chi connectivity index (χ0n) is 14.9. The second kappa shape index (κ2) is 5.51. The summed E-state index contributed by atoms with van der Waals surface area (Å²) in [7, 11) is 0. The highest BCUT2D eigenvalue weighted by Crippen LogP contribution is 2.63. The van der Waals surface area contributed by atoms with E-state index in [2.05, 4.69) is 25.7 Å². The van der Waals surface area contributed by atoms with Gasteiger partial charge >= 0.3 is 0 Å². The van der Waals surface area contributed by atoms with Gasteiger partial charge in [0.05, 0.1) is 5.92 Å².